The molecule has 1 aromatic heterocycles. The number of hydrogen-bond acceptors (Lipinski definition) is 4. The summed E-state index contributed by atoms with van der Waals surface area (Å²) in [5, 5.41) is 2.87. The number of amides is 2. The summed E-state index contributed by atoms with van der Waals surface area (Å²) in [6.45, 7) is 4.31. The molecule has 0 unspecified atom stereocenters. The SMILES string of the molecule is CC(=O)Nc1ccccc1N(C(=O)c1ccco1)C1CCN(CCc2ccccc2)CC1. The smallest absolute Gasteiger partial charge is 0.294 e. The van der Waals surface area contributed by atoms with Gasteiger partial charge in [-0.3, -0.25) is 9.59 Å². The highest BCUT2D eigenvalue weighted by molar-refractivity contribution is 6.07. The average molecular weight is 432 g/mol. The minimum atomic E-state index is -0.185. The Morgan fingerprint density at radius 2 is 1.72 bits per heavy atom. The van der Waals surface area contributed by atoms with Crippen molar-refractivity contribution in [3.63, 3.8) is 0 Å². The Balaban J connectivity index is 1.50. The van der Waals surface area contributed by atoms with E-state index in [0.717, 1.165) is 38.9 Å². The van der Waals surface area contributed by atoms with Gasteiger partial charge in [-0.05, 0) is 49.1 Å². The van der Waals surface area contributed by atoms with Gasteiger partial charge in [-0.2, -0.15) is 0 Å². The first kappa shape index (κ1) is 21.8. The average Bonchev–Trinajstić information content (AvgIpc) is 3.35. The van der Waals surface area contributed by atoms with Crippen LogP contribution in [0.3, 0.4) is 0 Å². The number of para-hydroxylation sites is 2. The van der Waals surface area contributed by atoms with Gasteiger partial charge in [0.05, 0.1) is 17.6 Å². The van der Waals surface area contributed by atoms with Gasteiger partial charge < -0.3 is 19.5 Å². The molecule has 2 aromatic carbocycles. The van der Waals surface area contributed by atoms with Gasteiger partial charge in [0.2, 0.25) is 5.91 Å². The van der Waals surface area contributed by atoms with Gasteiger partial charge in [0.15, 0.2) is 5.76 Å². The zero-order valence-corrected chi connectivity index (χ0v) is 18.4. The third kappa shape index (κ3) is 5.26. The molecule has 0 atom stereocenters. The Bertz CT molecular complexity index is 1030. The normalized spacial score (nSPS) is 14.8. The number of nitrogens with one attached hydrogen (secondary N) is 1. The summed E-state index contributed by atoms with van der Waals surface area (Å²) in [4.78, 5) is 29.5. The van der Waals surface area contributed by atoms with Crippen molar-refractivity contribution in [3.8, 4) is 0 Å². The molecule has 32 heavy (non-hydrogen) atoms. The highest BCUT2D eigenvalue weighted by Crippen LogP contribution is 2.32. The third-order valence-electron chi connectivity index (χ3n) is 5.91. The molecule has 166 valence electrons. The van der Waals surface area contributed by atoms with Crippen LogP contribution in [0.25, 0.3) is 0 Å². The second-order valence-corrected chi connectivity index (χ2v) is 8.16. The third-order valence-corrected chi connectivity index (χ3v) is 5.91. The molecule has 0 aliphatic carbocycles. The molecule has 2 heterocycles. The lowest BCUT2D eigenvalue weighted by atomic mass is 10.0. The van der Waals surface area contributed by atoms with Crippen molar-refractivity contribution in [1.82, 2.24) is 4.90 Å². The monoisotopic (exact) mass is 431 g/mol. The van der Waals surface area contributed by atoms with Gasteiger partial charge in [-0.15, -0.1) is 0 Å². The van der Waals surface area contributed by atoms with Crippen molar-refractivity contribution in [2.75, 3.05) is 29.9 Å². The number of anilines is 2. The second-order valence-electron chi connectivity index (χ2n) is 8.16. The zero-order chi connectivity index (χ0) is 22.3. The number of rotatable bonds is 7. The van der Waals surface area contributed by atoms with Crippen LogP contribution in [0.4, 0.5) is 11.4 Å². The van der Waals surface area contributed by atoms with Gasteiger partial charge in [0.1, 0.15) is 0 Å². The van der Waals surface area contributed by atoms with Gasteiger partial charge >= 0.3 is 0 Å². The summed E-state index contributed by atoms with van der Waals surface area (Å²) in [5.41, 5.74) is 2.67. The Morgan fingerprint density at radius 3 is 2.41 bits per heavy atom. The van der Waals surface area contributed by atoms with E-state index in [1.807, 2.05) is 30.3 Å². The molecule has 6 nitrogen and oxygen atoms in total. The van der Waals surface area contributed by atoms with E-state index in [-0.39, 0.29) is 17.9 Å². The first-order valence-corrected chi connectivity index (χ1v) is 11.1. The van der Waals surface area contributed by atoms with Gasteiger partial charge in [-0.25, -0.2) is 0 Å². The van der Waals surface area contributed by atoms with Crippen molar-refractivity contribution < 1.29 is 14.0 Å². The Morgan fingerprint density at radius 1 is 1.00 bits per heavy atom. The largest absolute Gasteiger partial charge is 0.459 e. The van der Waals surface area contributed by atoms with E-state index in [9.17, 15) is 9.59 Å². The fraction of sp³-hybridized carbons (Fsp3) is 0.308. The van der Waals surface area contributed by atoms with E-state index in [4.69, 9.17) is 4.42 Å². The standard InChI is InChI=1S/C26H29N3O3/c1-20(30)27-23-10-5-6-11-24(23)29(26(31)25-12-7-19-32-25)22-14-17-28(18-15-22)16-13-21-8-3-2-4-9-21/h2-12,19,22H,13-18H2,1H3,(H,27,30). The van der Waals surface area contributed by atoms with Crippen LogP contribution in [0.2, 0.25) is 0 Å². The molecule has 1 saturated heterocycles. The molecule has 0 radical (unpaired) electrons. The van der Waals surface area contributed by atoms with Crippen molar-refractivity contribution in [3.05, 3.63) is 84.3 Å². The fourth-order valence-corrected chi connectivity index (χ4v) is 4.30. The molecule has 0 bridgehead atoms. The molecule has 3 aromatic rings. The lowest BCUT2D eigenvalue weighted by molar-refractivity contribution is -0.114. The van der Waals surface area contributed by atoms with Crippen LogP contribution >= 0.6 is 0 Å². The number of likely N-dealkylation sites (tertiary alicyclic amines) is 1. The summed E-state index contributed by atoms with van der Waals surface area (Å²) >= 11 is 0. The molecule has 0 spiro atoms. The molecule has 6 heteroatoms. The molecule has 1 N–H and O–H groups in total. The number of carbonyl (C=O) groups excluding carboxylic acids is 2. The lowest BCUT2D eigenvalue weighted by Crippen LogP contribution is -2.48. The van der Waals surface area contributed by atoms with Crippen molar-refractivity contribution in [1.29, 1.82) is 0 Å². The van der Waals surface area contributed by atoms with Crippen molar-refractivity contribution >= 4 is 23.2 Å². The zero-order valence-electron chi connectivity index (χ0n) is 18.4. The maximum absolute atomic E-state index is 13.4. The quantitative estimate of drug-likeness (QED) is 0.594. The van der Waals surface area contributed by atoms with E-state index in [1.165, 1.54) is 18.8 Å². The van der Waals surface area contributed by atoms with Crippen LogP contribution in [0.1, 0.15) is 35.9 Å². The maximum atomic E-state index is 13.4. The Hall–Kier alpha value is -3.38. The summed E-state index contributed by atoms with van der Waals surface area (Å²) in [6.07, 6.45) is 4.24. The highest BCUT2D eigenvalue weighted by atomic mass is 16.3. The minimum absolute atomic E-state index is 0.0236. The summed E-state index contributed by atoms with van der Waals surface area (Å²) in [7, 11) is 0. The van der Waals surface area contributed by atoms with Gasteiger partial charge in [-0.1, -0.05) is 42.5 Å². The number of furan rings is 1. The maximum Gasteiger partial charge on any atom is 0.294 e. The molecule has 4 rings (SSSR count). The van der Waals surface area contributed by atoms with Crippen LogP contribution in [0.15, 0.2) is 77.4 Å². The predicted octanol–water partition coefficient (Wildman–Crippen LogP) is 4.59. The van der Waals surface area contributed by atoms with E-state index < -0.39 is 0 Å². The summed E-state index contributed by atoms with van der Waals surface area (Å²) < 4.78 is 5.43. The van der Waals surface area contributed by atoms with Gasteiger partial charge in [0, 0.05) is 32.6 Å². The highest BCUT2D eigenvalue weighted by Gasteiger charge is 2.32. The molecule has 2 amide bonds. The van der Waals surface area contributed by atoms with E-state index in [1.54, 1.807) is 17.0 Å². The molecular formula is C26H29N3O3. The first-order chi connectivity index (χ1) is 15.6. The first-order valence-electron chi connectivity index (χ1n) is 11.1. The summed E-state index contributed by atoms with van der Waals surface area (Å²) in [6, 6.07) is 21.4. The number of benzene rings is 2. The van der Waals surface area contributed by atoms with E-state index in [0.29, 0.717) is 17.1 Å². The topological polar surface area (TPSA) is 65.8 Å². The second kappa shape index (κ2) is 10.3. The summed E-state index contributed by atoms with van der Waals surface area (Å²) in [5.74, 6) is -0.0525. The molecule has 1 aliphatic rings. The van der Waals surface area contributed by atoms with E-state index >= 15 is 0 Å². The van der Waals surface area contributed by atoms with Gasteiger partial charge in [0.25, 0.3) is 5.91 Å². The minimum Gasteiger partial charge on any atom is -0.459 e. The number of carbonyl (C=O) groups is 2. The molecule has 1 aliphatic heterocycles. The molecule has 0 saturated carbocycles. The molecule has 1 fully saturated rings. The predicted molar refractivity (Wildman–Crippen MR) is 126 cm³/mol. The van der Waals surface area contributed by atoms with Crippen LogP contribution in [-0.2, 0) is 11.2 Å². The fourth-order valence-electron chi connectivity index (χ4n) is 4.30. The van der Waals surface area contributed by atoms with Crippen LogP contribution in [-0.4, -0.2) is 42.4 Å². The number of hydrogen-bond donors (Lipinski definition) is 1. The number of nitrogens with zero attached hydrogens (tertiary/aromatic N) is 2. The van der Waals surface area contributed by atoms with Crippen molar-refractivity contribution in [2.45, 2.75) is 32.2 Å². The van der Waals surface area contributed by atoms with Crippen LogP contribution in [0, 0.1) is 0 Å². The lowest BCUT2D eigenvalue weighted by Gasteiger charge is -2.39. The van der Waals surface area contributed by atoms with Crippen molar-refractivity contribution in [2.24, 2.45) is 0 Å². The Kier molecular flexibility index (Phi) is 7.02. The van der Waals surface area contributed by atoms with Crippen LogP contribution in [0.5, 0.6) is 0 Å². The Labute approximate surface area is 188 Å². The van der Waals surface area contributed by atoms with E-state index in [2.05, 4.69) is 34.5 Å². The van der Waals surface area contributed by atoms with Crippen LogP contribution < -0.4 is 10.2 Å². The molecular weight excluding hydrogens is 402 g/mol. The number of piperidine rings is 1.